The van der Waals surface area contributed by atoms with Gasteiger partial charge in [0, 0.05) is 5.56 Å². The van der Waals surface area contributed by atoms with Gasteiger partial charge in [0.1, 0.15) is 0 Å². The van der Waals surface area contributed by atoms with Gasteiger partial charge in [0.25, 0.3) is 0 Å². The van der Waals surface area contributed by atoms with Crippen molar-refractivity contribution in [3.8, 4) is 33.4 Å². The molecule has 51 heavy (non-hydrogen) atoms. The second kappa shape index (κ2) is 12.8. The molecule has 260 valence electrons. The zero-order chi connectivity index (χ0) is 36.5. The van der Waals surface area contributed by atoms with E-state index in [1.165, 1.54) is 0 Å². The Labute approximate surface area is 302 Å². The number of sulfone groups is 1. The third kappa shape index (κ3) is 5.40. The highest BCUT2D eigenvalue weighted by atomic mass is 32.2. The van der Waals surface area contributed by atoms with Gasteiger partial charge in [0.05, 0.1) is 16.2 Å². The average Bonchev–Trinajstić information content (AvgIpc) is 3.09. The number of rotatable bonds is 9. The van der Waals surface area contributed by atoms with Crippen molar-refractivity contribution >= 4 is 37.3 Å². The van der Waals surface area contributed by atoms with Gasteiger partial charge in [-0.1, -0.05) is 140 Å². The van der Waals surface area contributed by atoms with E-state index in [1.807, 2.05) is 18.2 Å². The van der Waals surface area contributed by atoms with Gasteiger partial charge in [-0.25, -0.2) is 8.42 Å². The summed E-state index contributed by atoms with van der Waals surface area (Å²) in [6.07, 6.45) is 0.115. The Morgan fingerprint density at radius 2 is 1.02 bits per heavy atom. The first-order valence-electron chi connectivity index (χ1n) is 18.2. The molecule has 2 aliphatic rings. The predicted octanol–water partition coefficient (Wildman–Crippen LogP) is 11.7. The van der Waals surface area contributed by atoms with Gasteiger partial charge in [0.2, 0.25) is 15.7 Å². The fraction of sp³-hybridized carbons (Fsp3) is 0.283. The van der Waals surface area contributed by atoms with Crippen LogP contribution in [0.1, 0.15) is 107 Å². The molecule has 2 bridgehead atoms. The van der Waals surface area contributed by atoms with Crippen LogP contribution in [-0.2, 0) is 21.1 Å². The summed E-state index contributed by atoms with van der Waals surface area (Å²) in [5.74, 6) is -0.465. The molecule has 6 aromatic carbocycles. The maximum Gasteiger partial charge on any atom is 0.221 e. The molecular formula is C46H47NO3S. The first kappa shape index (κ1) is 34.7. The highest BCUT2D eigenvalue weighted by molar-refractivity contribution is 7.93. The van der Waals surface area contributed by atoms with E-state index in [0.717, 1.165) is 82.7 Å². The zero-order valence-electron chi connectivity index (χ0n) is 30.9. The third-order valence-electron chi connectivity index (χ3n) is 10.6. The molecule has 0 spiro atoms. The maximum absolute atomic E-state index is 14.7. The molecule has 0 aromatic heterocycles. The number of primary amides is 1. The Morgan fingerprint density at radius 1 is 0.549 bits per heavy atom. The fourth-order valence-corrected chi connectivity index (χ4v) is 10.9. The second-order valence-corrected chi connectivity index (χ2v) is 17.2. The molecule has 1 amide bonds. The number of hydrogen-bond donors (Lipinski definition) is 1. The molecule has 0 fully saturated rings. The van der Waals surface area contributed by atoms with Gasteiger partial charge in [-0.15, -0.1) is 0 Å². The Balaban J connectivity index is 1.74. The zero-order valence-corrected chi connectivity index (χ0v) is 31.7. The number of fused-ring (bicyclic) bond motifs is 4. The lowest BCUT2D eigenvalue weighted by atomic mass is 9.73. The smallest absolute Gasteiger partial charge is 0.221 e. The van der Waals surface area contributed by atoms with Crippen molar-refractivity contribution in [3.63, 3.8) is 0 Å². The van der Waals surface area contributed by atoms with Crippen LogP contribution in [-0.4, -0.2) is 14.3 Å². The van der Waals surface area contributed by atoms with Crippen LogP contribution in [0.25, 0.3) is 54.9 Å². The Morgan fingerprint density at radius 3 is 1.51 bits per heavy atom. The minimum absolute atomic E-state index is 0.0162. The Hall–Kier alpha value is -4.74. The van der Waals surface area contributed by atoms with Gasteiger partial charge >= 0.3 is 0 Å². The molecule has 2 heterocycles. The van der Waals surface area contributed by atoms with Crippen LogP contribution in [0.5, 0.6) is 0 Å². The van der Waals surface area contributed by atoms with Crippen LogP contribution in [0.4, 0.5) is 0 Å². The summed E-state index contributed by atoms with van der Waals surface area (Å²) in [6.45, 7) is 17.1. The normalized spacial score (nSPS) is 13.6. The summed E-state index contributed by atoms with van der Waals surface area (Å²) < 4.78 is 29.3. The summed E-state index contributed by atoms with van der Waals surface area (Å²) in [7, 11) is -3.73. The van der Waals surface area contributed by atoms with Gasteiger partial charge < -0.3 is 5.73 Å². The number of amides is 1. The van der Waals surface area contributed by atoms with Gasteiger partial charge in [-0.05, 0) is 107 Å². The number of carbonyl (C=O) groups is 1. The quantitative estimate of drug-likeness (QED) is 0.163. The fourth-order valence-electron chi connectivity index (χ4n) is 8.65. The Kier molecular flexibility index (Phi) is 8.70. The molecule has 0 aliphatic carbocycles. The molecule has 6 aromatic rings. The number of nitrogens with two attached hydrogens (primary N) is 1. The van der Waals surface area contributed by atoms with E-state index in [1.54, 1.807) is 0 Å². The minimum atomic E-state index is -3.73. The molecule has 0 unspecified atom stereocenters. The second-order valence-electron chi connectivity index (χ2n) is 15.3. The highest BCUT2D eigenvalue weighted by Gasteiger charge is 2.47. The van der Waals surface area contributed by atoms with Crippen molar-refractivity contribution in [2.24, 2.45) is 5.73 Å². The first-order chi connectivity index (χ1) is 24.2. The van der Waals surface area contributed by atoms with Crippen molar-refractivity contribution in [1.29, 1.82) is 0 Å². The third-order valence-corrected chi connectivity index (χ3v) is 12.5. The van der Waals surface area contributed by atoms with Gasteiger partial charge in [-0.3, -0.25) is 4.79 Å². The van der Waals surface area contributed by atoms with E-state index >= 15 is 0 Å². The lowest BCUT2D eigenvalue weighted by Crippen LogP contribution is -2.26. The van der Waals surface area contributed by atoms with Gasteiger partial charge in [0.15, 0.2) is 0 Å². The standard InChI is InChI=1S/C46H47NO3S/c1-25(2)35-23-36(33-21-13-17-29-15-9-11-19-31(29)33)42(39(26(3)4)37(35)24-38(47)48)44-40(27(5)6)45-43(46(51(45,49)50)41(44)28(7)8)34-22-14-18-30-16-10-12-20-32(30)34/h9-23,25-28H,24H2,1-8H3,(H2,47,48). The van der Waals surface area contributed by atoms with Crippen molar-refractivity contribution in [2.45, 2.75) is 95.3 Å². The maximum atomic E-state index is 14.7. The first-order valence-corrected chi connectivity index (χ1v) is 19.7. The van der Waals surface area contributed by atoms with E-state index in [4.69, 9.17) is 5.73 Å². The lowest BCUT2D eigenvalue weighted by molar-refractivity contribution is -0.117. The van der Waals surface area contributed by atoms with Crippen LogP contribution in [0.3, 0.4) is 0 Å². The lowest BCUT2D eigenvalue weighted by Gasteiger charge is -2.38. The van der Waals surface area contributed by atoms with Crippen molar-refractivity contribution < 1.29 is 13.2 Å². The summed E-state index contributed by atoms with van der Waals surface area (Å²) in [4.78, 5) is 13.7. The van der Waals surface area contributed by atoms with Crippen LogP contribution < -0.4 is 5.73 Å². The molecule has 4 nitrogen and oxygen atoms in total. The highest BCUT2D eigenvalue weighted by Crippen LogP contribution is 2.60. The van der Waals surface area contributed by atoms with E-state index in [0.29, 0.717) is 9.79 Å². The number of benzene rings is 6. The van der Waals surface area contributed by atoms with E-state index in [9.17, 15) is 13.2 Å². The van der Waals surface area contributed by atoms with Crippen molar-refractivity contribution in [2.75, 3.05) is 0 Å². The topological polar surface area (TPSA) is 77.2 Å². The molecular weight excluding hydrogens is 647 g/mol. The summed E-state index contributed by atoms with van der Waals surface area (Å²) in [5.41, 5.74) is 16.8. The molecule has 0 radical (unpaired) electrons. The average molecular weight is 694 g/mol. The van der Waals surface area contributed by atoms with Gasteiger partial charge in [-0.2, -0.15) is 0 Å². The minimum Gasteiger partial charge on any atom is -0.369 e. The molecule has 2 N–H and O–H groups in total. The number of carbonyl (C=O) groups excluding carboxylic acids is 1. The Bertz CT molecular complexity index is 2450. The summed E-state index contributed by atoms with van der Waals surface area (Å²) in [5, 5.41) is 4.38. The van der Waals surface area contributed by atoms with E-state index in [2.05, 4.69) is 128 Å². The van der Waals surface area contributed by atoms with E-state index < -0.39 is 9.84 Å². The van der Waals surface area contributed by atoms with Crippen LogP contribution >= 0.6 is 0 Å². The monoisotopic (exact) mass is 693 g/mol. The number of hydrogen-bond acceptors (Lipinski definition) is 3. The van der Waals surface area contributed by atoms with Crippen LogP contribution in [0.2, 0.25) is 0 Å². The van der Waals surface area contributed by atoms with Crippen molar-refractivity contribution in [1.82, 2.24) is 0 Å². The molecule has 8 rings (SSSR count). The van der Waals surface area contributed by atoms with Crippen molar-refractivity contribution in [3.05, 3.63) is 119 Å². The largest absolute Gasteiger partial charge is 0.369 e. The molecule has 0 atom stereocenters. The molecule has 0 saturated carbocycles. The summed E-state index contributed by atoms with van der Waals surface area (Å²) in [6, 6.07) is 31.5. The SMILES string of the molecule is CC(C)c1cc(-c2cccc3ccccc23)c(-c2c(C(C)C)c3c(-c4cccc5ccccc45)c(c2C(C)C)S3(=O)=O)c(C(C)C)c1CC(N)=O. The van der Waals surface area contributed by atoms with E-state index in [-0.39, 0.29) is 36.0 Å². The van der Waals surface area contributed by atoms with Crippen LogP contribution in [0.15, 0.2) is 101 Å². The molecule has 0 saturated heterocycles. The van der Waals surface area contributed by atoms with Crippen LogP contribution in [0, 0.1) is 0 Å². The molecule has 5 heteroatoms. The summed E-state index contributed by atoms with van der Waals surface area (Å²) >= 11 is 0. The molecule has 2 aliphatic heterocycles. The predicted molar refractivity (Wildman–Crippen MR) is 212 cm³/mol.